The number of carbonyl (C=O) groups excluding carboxylic acids is 2. The van der Waals surface area contributed by atoms with Gasteiger partial charge in [0.15, 0.2) is 5.71 Å². The van der Waals surface area contributed by atoms with Gasteiger partial charge in [0.05, 0.1) is 24.2 Å². The van der Waals surface area contributed by atoms with Crippen LogP contribution >= 0.6 is 0 Å². The SMILES string of the molecule is C=Cc1ccc(C(=O)OCCOCCNC(=O)CCCCCN2/C(=C/C=C/C=C/C3=[N+](CC)c4ccc(C)cc4C3(C)C)C(C)(C)c3cc(C)ccc32)cc1. The van der Waals surface area contributed by atoms with Crippen molar-refractivity contribution in [3.63, 3.8) is 0 Å². The number of aryl methyl sites for hydroxylation is 2. The maximum absolute atomic E-state index is 12.5. The Balaban J connectivity index is 1.08. The molecule has 7 nitrogen and oxygen atoms in total. The fourth-order valence-electron chi connectivity index (χ4n) is 7.73. The van der Waals surface area contributed by atoms with Crippen molar-refractivity contribution in [2.75, 3.05) is 44.4 Å². The normalized spacial score (nSPS) is 16.3. The molecule has 0 atom stereocenters. The van der Waals surface area contributed by atoms with Gasteiger partial charge < -0.3 is 19.7 Å². The number of carbonyl (C=O) groups is 2. The van der Waals surface area contributed by atoms with Crippen LogP contribution in [0.5, 0.6) is 0 Å². The lowest BCUT2D eigenvalue weighted by molar-refractivity contribution is -0.433. The molecule has 3 aromatic carbocycles. The van der Waals surface area contributed by atoms with Crippen LogP contribution in [0.1, 0.15) is 98.5 Å². The van der Waals surface area contributed by atoms with Crippen molar-refractivity contribution in [3.8, 4) is 0 Å². The molecule has 1 N–H and O–H groups in total. The van der Waals surface area contributed by atoms with Crippen LogP contribution in [0, 0.1) is 13.8 Å². The largest absolute Gasteiger partial charge is 0.460 e. The Morgan fingerprint density at radius 3 is 2.29 bits per heavy atom. The first kappa shape index (κ1) is 41.2. The van der Waals surface area contributed by atoms with Gasteiger partial charge in [-0.05, 0) is 88.9 Å². The Labute approximate surface area is 329 Å². The van der Waals surface area contributed by atoms with Crippen LogP contribution in [0.3, 0.4) is 0 Å². The summed E-state index contributed by atoms with van der Waals surface area (Å²) in [6.07, 6.45) is 16.0. The average Bonchev–Trinajstić information content (AvgIpc) is 3.51. The van der Waals surface area contributed by atoms with E-state index in [9.17, 15) is 9.59 Å². The van der Waals surface area contributed by atoms with Crippen LogP contribution in [0.25, 0.3) is 6.08 Å². The third-order valence-corrected chi connectivity index (χ3v) is 10.8. The highest BCUT2D eigenvalue weighted by Gasteiger charge is 2.43. The number of amides is 1. The lowest BCUT2D eigenvalue weighted by Gasteiger charge is -2.27. The number of ether oxygens (including phenoxy) is 2. The molecule has 0 aliphatic carbocycles. The first-order chi connectivity index (χ1) is 26.4. The summed E-state index contributed by atoms with van der Waals surface area (Å²) in [5.41, 5.74) is 11.8. The lowest BCUT2D eigenvalue weighted by Crippen LogP contribution is -2.28. The third-order valence-electron chi connectivity index (χ3n) is 10.8. The molecule has 0 fully saturated rings. The monoisotopic (exact) mass is 742 g/mol. The quantitative estimate of drug-likeness (QED) is 0.0609. The second-order valence-corrected chi connectivity index (χ2v) is 15.6. The molecule has 0 saturated carbocycles. The molecule has 2 aliphatic rings. The van der Waals surface area contributed by atoms with Crippen molar-refractivity contribution in [2.45, 2.75) is 85.0 Å². The standard InChI is InChI=1S/C48H59N3O4/c1-9-37-22-24-38(25-23-37)46(53)55-32-31-54-30-28-49-45(52)19-15-12-16-29-51-42-27-21-36(4)34-40(42)48(7,8)44(51)18-14-11-13-17-43-47(5,6)39-33-35(3)20-26-41(39)50(43)10-2/h9,11,13-14,17-18,20-27,33-34H,1,10,12,15-16,19,28-32H2,2-8H3/p+1. The van der Waals surface area contributed by atoms with Crippen LogP contribution < -0.4 is 10.2 Å². The lowest BCUT2D eigenvalue weighted by atomic mass is 9.81. The highest BCUT2D eigenvalue weighted by atomic mass is 16.6. The zero-order chi connectivity index (χ0) is 39.6. The van der Waals surface area contributed by atoms with E-state index in [0.717, 1.165) is 37.9 Å². The molecule has 7 heteroatoms. The van der Waals surface area contributed by atoms with Crippen molar-refractivity contribution in [2.24, 2.45) is 0 Å². The second-order valence-electron chi connectivity index (χ2n) is 15.6. The molecule has 290 valence electrons. The number of allylic oxidation sites excluding steroid dienone is 6. The van der Waals surface area contributed by atoms with Crippen molar-refractivity contribution in [1.29, 1.82) is 0 Å². The number of nitrogens with zero attached hydrogens (tertiary/aromatic N) is 2. The van der Waals surface area contributed by atoms with Gasteiger partial charge in [-0.25, -0.2) is 4.79 Å². The summed E-state index contributed by atoms with van der Waals surface area (Å²) in [5, 5.41) is 2.94. The molecule has 5 rings (SSSR count). The van der Waals surface area contributed by atoms with Gasteiger partial charge in [0.2, 0.25) is 11.6 Å². The first-order valence-corrected chi connectivity index (χ1v) is 19.8. The zero-order valence-corrected chi connectivity index (χ0v) is 34.0. The van der Waals surface area contributed by atoms with E-state index < -0.39 is 0 Å². The summed E-state index contributed by atoms with van der Waals surface area (Å²) in [4.78, 5) is 27.1. The third kappa shape index (κ3) is 9.81. The van der Waals surface area contributed by atoms with Crippen molar-refractivity contribution < 1.29 is 23.6 Å². The average molecular weight is 743 g/mol. The van der Waals surface area contributed by atoms with E-state index in [1.165, 1.54) is 45.0 Å². The van der Waals surface area contributed by atoms with Gasteiger partial charge in [-0.2, -0.15) is 4.58 Å². The summed E-state index contributed by atoms with van der Waals surface area (Å²) in [6.45, 7) is 22.6. The van der Waals surface area contributed by atoms with Crippen molar-refractivity contribution >= 4 is 35.0 Å². The van der Waals surface area contributed by atoms with E-state index in [4.69, 9.17) is 9.47 Å². The first-order valence-electron chi connectivity index (χ1n) is 19.8. The molecule has 1 amide bonds. The van der Waals surface area contributed by atoms with Gasteiger partial charge in [0.25, 0.3) is 0 Å². The summed E-state index contributed by atoms with van der Waals surface area (Å²) < 4.78 is 13.2. The number of esters is 1. The predicted molar refractivity (Wildman–Crippen MR) is 227 cm³/mol. The van der Waals surface area contributed by atoms with Crippen LogP contribution in [0.4, 0.5) is 11.4 Å². The van der Waals surface area contributed by atoms with E-state index in [1.807, 2.05) is 12.1 Å². The molecule has 0 unspecified atom stereocenters. The molecular weight excluding hydrogens is 683 g/mol. The van der Waals surface area contributed by atoms with Crippen molar-refractivity contribution in [1.82, 2.24) is 5.32 Å². The Hall–Kier alpha value is -5.01. The maximum Gasteiger partial charge on any atom is 0.338 e. The molecule has 3 aromatic rings. The number of unbranched alkanes of at least 4 members (excludes halogenated alkanes) is 2. The van der Waals surface area contributed by atoms with E-state index >= 15 is 0 Å². The van der Waals surface area contributed by atoms with Gasteiger partial charge in [-0.1, -0.05) is 92.6 Å². The van der Waals surface area contributed by atoms with Crippen molar-refractivity contribution in [3.05, 3.63) is 137 Å². The Morgan fingerprint density at radius 1 is 0.836 bits per heavy atom. The molecule has 0 bridgehead atoms. The molecular formula is C48H60N3O4+. The zero-order valence-electron chi connectivity index (χ0n) is 34.0. The Morgan fingerprint density at radius 2 is 1.56 bits per heavy atom. The number of hydrogen-bond acceptors (Lipinski definition) is 5. The molecule has 0 radical (unpaired) electrons. The van der Waals surface area contributed by atoms with E-state index in [1.54, 1.807) is 18.2 Å². The number of fused-ring (bicyclic) bond motifs is 2. The number of rotatable bonds is 18. The predicted octanol–water partition coefficient (Wildman–Crippen LogP) is 9.69. The number of benzene rings is 3. The molecule has 2 aliphatic heterocycles. The van der Waals surface area contributed by atoms with Gasteiger partial charge in [-0.3, -0.25) is 4.79 Å². The minimum atomic E-state index is -0.388. The minimum absolute atomic E-state index is 0.0279. The molecule has 0 aromatic heterocycles. The molecule has 0 spiro atoms. The highest BCUT2D eigenvalue weighted by molar-refractivity contribution is 6.03. The number of hydrogen-bond donors (Lipinski definition) is 1. The van der Waals surface area contributed by atoms with Crippen LogP contribution in [0.2, 0.25) is 0 Å². The Kier molecular flexibility index (Phi) is 13.9. The van der Waals surface area contributed by atoms with Crippen LogP contribution in [0.15, 0.2) is 103 Å². The number of anilines is 1. The Bertz CT molecular complexity index is 1980. The summed E-state index contributed by atoms with van der Waals surface area (Å²) in [5.74, 6) is -0.360. The van der Waals surface area contributed by atoms with Crippen LogP contribution in [-0.4, -0.2) is 61.6 Å². The fraction of sp³-hybridized carbons (Fsp3) is 0.396. The summed E-state index contributed by atoms with van der Waals surface area (Å²) in [7, 11) is 0. The van der Waals surface area contributed by atoms with Gasteiger partial charge in [-0.15, -0.1) is 0 Å². The van der Waals surface area contributed by atoms with Crippen LogP contribution in [-0.2, 0) is 25.1 Å². The van der Waals surface area contributed by atoms with E-state index in [2.05, 4.69) is 137 Å². The summed E-state index contributed by atoms with van der Waals surface area (Å²) >= 11 is 0. The van der Waals surface area contributed by atoms with Gasteiger partial charge in [0, 0.05) is 54.0 Å². The molecule has 0 saturated heterocycles. The maximum atomic E-state index is 12.5. The number of nitrogens with one attached hydrogen (secondary N) is 1. The smallest absolute Gasteiger partial charge is 0.338 e. The van der Waals surface area contributed by atoms with E-state index in [-0.39, 0.29) is 35.9 Å². The second kappa shape index (κ2) is 18.5. The minimum Gasteiger partial charge on any atom is -0.460 e. The van der Waals surface area contributed by atoms with Gasteiger partial charge >= 0.3 is 5.97 Å². The fourth-order valence-corrected chi connectivity index (χ4v) is 7.73. The summed E-state index contributed by atoms with van der Waals surface area (Å²) in [6, 6.07) is 20.7. The highest BCUT2D eigenvalue weighted by Crippen LogP contribution is 2.48. The molecule has 55 heavy (non-hydrogen) atoms. The topological polar surface area (TPSA) is 70.9 Å². The van der Waals surface area contributed by atoms with Gasteiger partial charge in [0.1, 0.15) is 13.2 Å². The molecule has 2 heterocycles. The van der Waals surface area contributed by atoms with E-state index in [0.29, 0.717) is 25.1 Å².